The van der Waals surface area contributed by atoms with Gasteiger partial charge in [-0.05, 0) is 32.5 Å². The number of hydrogen-bond donors (Lipinski definition) is 0. The Kier molecular flexibility index (Phi) is 8.52. The average Bonchev–Trinajstić information content (AvgIpc) is 2.30. The van der Waals surface area contributed by atoms with E-state index in [4.69, 9.17) is 0 Å². The summed E-state index contributed by atoms with van der Waals surface area (Å²) >= 11 is 0. The molecular formula is C14H27N. The summed E-state index contributed by atoms with van der Waals surface area (Å²) in [6.07, 6.45) is 2.54. The predicted octanol–water partition coefficient (Wildman–Crippen LogP) is 3.40. The van der Waals surface area contributed by atoms with Crippen LogP contribution in [0.1, 0.15) is 47.5 Å². The third kappa shape index (κ3) is 6.57. The monoisotopic (exact) mass is 209 g/mol. The summed E-state index contributed by atoms with van der Waals surface area (Å²) < 4.78 is 0. The molecule has 1 fully saturated rings. The molecule has 0 unspecified atom stereocenters. The van der Waals surface area contributed by atoms with Gasteiger partial charge in [-0.25, -0.2) is 0 Å². The van der Waals surface area contributed by atoms with Gasteiger partial charge >= 0.3 is 0 Å². The van der Waals surface area contributed by atoms with Gasteiger partial charge in [-0.15, -0.1) is 5.92 Å². The molecular weight excluding hydrogens is 182 g/mol. The molecule has 1 saturated heterocycles. The van der Waals surface area contributed by atoms with Crippen LogP contribution in [0.5, 0.6) is 0 Å². The number of likely N-dealkylation sites (tertiary alicyclic amines) is 1. The van der Waals surface area contributed by atoms with Crippen LogP contribution in [0.2, 0.25) is 0 Å². The number of nitrogens with zero attached hydrogens (tertiary/aromatic N) is 1. The van der Waals surface area contributed by atoms with E-state index in [1.807, 2.05) is 13.8 Å². The van der Waals surface area contributed by atoms with Crippen LogP contribution in [-0.2, 0) is 0 Å². The molecule has 0 spiro atoms. The van der Waals surface area contributed by atoms with Crippen LogP contribution < -0.4 is 0 Å². The second kappa shape index (κ2) is 8.80. The van der Waals surface area contributed by atoms with Crippen molar-refractivity contribution in [3.63, 3.8) is 0 Å². The highest BCUT2D eigenvalue weighted by Crippen LogP contribution is 2.15. The predicted molar refractivity (Wildman–Crippen MR) is 68.8 cm³/mol. The van der Waals surface area contributed by atoms with Crippen molar-refractivity contribution in [1.82, 2.24) is 4.90 Å². The fourth-order valence-corrected chi connectivity index (χ4v) is 1.68. The molecule has 0 radical (unpaired) electrons. The molecule has 1 aliphatic rings. The fraction of sp³-hybridized carbons (Fsp3) is 0.857. The van der Waals surface area contributed by atoms with Crippen molar-refractivity contribution in [2.24, 2.45) is 11.8 Å². The van der Waals surface area contributed by atoms with Crippen molar-refractivity contribution < 1.29 is 0 Å². The number of rotatable bonds is 1. The van der Waals surface area contributed by atoms with Crippen molar-refractivity contribution in [3.05, 3.63) is 0 Å². The molecule has 0 aromatic heterocycles. The summed E-state index contributed by atoms with van der Waals surface area (Å²) in [5.41, 5.74) is 0. The highest BCUT2D eigenvalue weighted by atomic mass is 15.1. The van der Waals surface area contributed by atoms with Crippen LogP contribution in [0.25, 0.3) is 0 Å². The van der Waals surface area contributed by atoms with Gasteiger partial charge in [-0.2, -0.15) is 0 Å². The van der Waals surface area contributed by atoms with Crippen molar-refractivity contribution in [2.45, 2.75) is 47.5 Å². The molecule has 0 bridgehead atoms. The third-order valence-corrected chi connectivity index (χ3v) is 2.61. The van der Waals surface area contributed by atoms with Crippen molar-refractivity contribution in [2.75, 3.05) is 19.6 Å². The lowest BCUT2D eigenvalue weighted by atomic mass is 9.97. The molecule has 1 heterocycles. The maximum atomic E-state index is 3.39. The highest BCUT2D eigenvalue weighted by molar-refractivity contribution is 5.06. The molecule has 0 aromatic rings. The first-order valence-electron chi connectivity index (χ1n) is 6.45. The van der Waals surface area contributed by atoms with Crippen molar-refractivity contribution in [1.29, 1.82) is 0 Å². The van der Waals surface area contributed by atoms with Gasteiger partial charge < -0.3 is 4.90 Å². The summed E-state index contributed by atoms with van der Waals surface area (Å²) in [5.74, 6) is 7.87. The van der Waals surface area contributed by atoms with E-state index < -0.39 is 0 Å². The highest BCUT2D eigenvalue weighted by Gasteiger charge is 2.15. The van der Waals surface area contributed by atoms with E-state index in [0.717, 1.165) is 0 Å². The Morgan fingerprint density at radius 2 is 1.73 bits per heavy atom. The molecule has 1 nitrogen and oxygen atoms in total. The van der Waals surface area contributed by atoms with Crippen LogP contribution in [0.3, 0.4) is 0 Å². The fourth-order valence-electron chi connectivity index (χ4n) is 1.68. The van der Waals surface area contributed by atoms with Gasteiger partial charge in [0.25, 0.3) is 0 Å². The first-order chi connectivity index (χ1) is 7.22. The normalized spacial score (nSPS) is 17.7. The minimum atomic E-state index is 0.532. The minimum absolute atomic E-state index is 0.532. The molecule has 1 rings (SSSR count). The summed E-state index contributed by atoms with van der Waals surface area (Å²) in [7, 11) is 0. The van der Waals surface area contributed by atoms with E-state index in [1.165, 1.54) is 32.5 Å². The molecule has 0 saturated carbocycles. The van der Waals surface area contributed by atoms with Gasteiger partial charge in [-0.1, -0.05) is 40.5 Å². The van der Waals surface area contributed by atoms with Gasteiger partial charge in [0.15, 0.2) is 0 Å². The smallest absolute Gasteiger partial charge is 0.0227 e. The summed E-state index contributed by atoms with van der Waals surface area (Å²) in [5, 5.41) is 0. The SMILES string of the molecule is CC.CCN1CCC(C#CC(C)C)CC1. The maximum absolute atomic E-state index is 3.39. The zero-order valence-electron chi connectivity index (χ0n) is 11.1. The molecule has 1 heteroatoms. The van der Waals surface area contributed by atoms with E-state index in [2.05, 4.69) is 37.5 Å². The van der Waals surface area contributed by atoms with Crippen LogP contribution in [-0.4, -0.2) is 24.5 Å². The lowest BCUT2D eigenvalue weighted by Gasteiger charge is -2.28. The Hall–Kier alpha value is -0.480. The number of hydrogen-bond acceptors (Lipinski definition) is 1. The summed E-state index contributed by atoms with van der Waals surface area (Å²) in [4.78, 5) is 2.51. The van der Waals surface area contributed by atoms with Gasteiger partial charge in [-0.3, -0.25) is 0 Å². The minimum Gasteiger partial charge on any atom is -0.304 e. The Balaban J connectivity index is 0.000000921. The molecule has 1 aliphatic heterocycles. The zero-order chi connectivity index (χ0) is 11.7. The van der Waals surface area contributed by atoms with Crippen molar-refractivity contribution >= 4 is 0 Å². The molecule has 0 aromatic carbocycles. The van der Waals surface area contributed by atoms with Gasteiger partial charge in [0.2, 0.25) is 0 Å². The quantitative estimate of drug-likeness (QED) is 0.598. The van der Waals surface area contributed by atoms with Crippen LogP contribution in [0.15, 0.2) is 0 Å². The topological polar surface area (TPSA) is 3.24 Å². The second-order valence-corrected chi connectivity index (χ2v) is 4.15. The molecule has 0 atom stereocenters. The van der Waals surface area contributed by atoms with Gasteiger partial charge in [0, 0.05) is 11.8 Å². The van der Waals surface area contributed by atoms with E-state index in [-0.39, 0.29) is 0 Å². The first kappa shape index (κ1) is 14.5. The summed E-state index contributed by atoms with van der Waals surface area (Å²) in [6.45, 7) is 14.2. The van der Waals surface area contributed by atoms with Gasteiger partial charge in [0.05, 0.1) is 0 Å². The molecule has 88 valence electrons. The number of piperidine rings is 1. The summed E-state index contributed by atoms with van der Waals surface area (Å²) in [6, 6.07) is 0. The van der Waals surface area contributed by atoms with Crippen LogP contribution >= 0.6 is 0 Å². The lowest BCUT2D eigenvalue weighted by molar-refractivity contribution is 0.216. The first-order valence-corrected chi connectivity index (χ1v) is 6.45. The standard InChI is InChI=1S/C12H21N.C2H6/c1-4-13-9-7-12(8-10-13)6-5-11(2)3;1-2/h11-12H,4,7-10H2,1-3H3;1-2H3. The Bertz CT molecular complexity index is 189. The van der Waals surface area contributed by atoms with E-state index in [9.17, 15) is 0 Å². The molecule has 0 amide bonds. The largest absolute Gasteiger partial charge is 0.304 e. The molecule has 0 aliphatic carbocycles. The van der Waals surface area contributed by atoms with Crippen molar-refractivity contribution in [3.8, 4) is 11.8 Å². The van der Waals surface area contributed by atoms with E-state index in [1.54, 1.807) is 0 Å². The Morgan fingerprint density at radius 3 is 2.13 bits per heavy atom. The Morgan fingerprint density at radius 1 is 1.20 bits per heavy atom. The lowest BCUT2D eigenvalue weighted by Crippen LogP contribution is -2.32. The van der Waals surface area contributed by atoms with Crippen LogP contribution in [0.4, 0.5) is 0 Å². The molecule has 0 N–H and O–H groups in total. The van der Waals surface area contributed by atoms with Crippen LogP contribution in [0, 0.1) is 23.7 Å². The van der Waals surface area contributed by atoms with E-state index in [0.29, 0.717) is 11.8 Å². The average molecular weight is 209 g/mol. The van der Waals surface area contributed by atoms with E-state index >= 15 is 0 Å². The third-order valence-electron chi connectivity index (χ3n) is 2.61. The Labute approximate surface area is 96.2 Å². The zero-order valence-corrected chi connectivity index (χ0v) is 11.1. The maximum Gasteiger partial charge on any atom is 0.0227 e. The van der Waals surface area contributed by atoms with Gasteiger partial charge in [0.1, 0.15) is 0 Å². The molecule has 15 heavy (non-hydrogen) atoms. The second-order valence-electron chi connectivity index (χ2n) is 4.15.